The van der Waals surface area contributed by atoms with Crippen molar-refractivity contribution in [2.75, 3.05) is 16.8 Å². The van der Waals surface area contributed by atoms with E-state index in [9.17, 15) is 14.0 Å². The molecule has 3 rings (SSSR count). The van der Waals surface area contributed by atoms with Crippen LogP contribution in [0.1, 0.15) is 12.0 Å². The first kappa shape index (κ1) is 15.9. The lowest BCUT2D eigenvalue weighted by Crippen LogP contribution is -2.40. The van der Waals surface area contributed by atoms with Gasteiger partial charge in [0.25, 0.3) is 0 Å². The second kappa shape index (κ2) is 6.66. The van der Waals surface area contributed by atoms with E-state index in [4.69, 9.17) is 0 Å². The van der Waals surface area contributed by atoms with E-state index in [1.54, 1.807) is 24.4 Å². The number of urea groups is 1. The number of nitrogens with zero attached hydrogens (tertiary/aromatic N) is 2. The third-order valence-corrected chi connectivity index (χ3v) is 3.82. The largest absolute Gasteiger partial charge is 0.333 e. The van der Waals surface area contributed by atoms with Crippen LogP contribution in [0.5, 0.6) is 0 Å². The molecule has 0 saturated carbocycles. The molecule has 1 atom stereocenters. The topological polar surface area (TPSA) is 74.3 Å². The van der Waals surface area contributed by atoms with Crippen LogP contribution in [0.3, 0.4) is 0 Å². The van der Waals surface area contributed by atoms with Crippen molar-refractivity contribution in [1.29, 1.82) is 0 Å². The maximum Gasteiger partial charge on any atom is 0.320 e. The zero-order chi connectivity index (χ0) is 17.1. The number of benzene rings is 1. The highest BCUT2D eigenvalue weighted by molar-refractivity contribution is 5.97. The predicted octanol–water partition coefficient (Wildman–Crippen LogP) is 2.46. The summed E-state index contributed by atoms with van der Waals surface area (Å²) in [6.45, 7) is 2.14. The molecule has 1 fully saturated rings. The van der Waals surface area contributed by atoms with Crippen molar-refractivity contribution in [3.05, 3.63) is 54.0 Å². The van der Waals surface area contributed by atoms with Gasteiger partial charge in [0.05, 0.1) is 6.04 Å². The van der Waals surface area contributed by atoms with Crippen LogP contribution in [0.15, 0.2) is 42.6 Å². The minimum absolute atomic E-state index is 0.153. The van der Waals surface area contributed by atoms with Crippen molar-refractivity contribution in [2.24, 2.45) is 0 Å². The number of anilines is 2. The molecule has 2 N–H and O–H groups in total. The van der Waals surface area contributed by atoms with Gasteiger partial charge in [-0.15, -0.1) is 0 Å². The van der Waals surface area contributed by atoms with E-state index in [0.717, 1.165) is 5.56 Å². The average Bonchev–Trinajstić information content (AvgIpc) is 2.90. The lowest BCUT2D eigenvalue weighted by molar-refractivity contribution is -0.117. The second-order valence-electron chi connectivity index (χ2n) is 5.65. The maximum absolute atomic E-state index is 13.3. The molecule has 1 aromatic heterocycles. The van der Waals surface area contributed by atoms with Crippen molar-refractivity contribution in [1.82, 2.24) is 10.3 Å². The lowest BCUT2D eigenvalue weighted by atomic mass is 10.2. The molecule has 0 radical (unpaired) electrons. The number of halogens is 1. The normalized spacial score (nSPS) is 17.0. The summed E-state index contributed by atoms with van der Waals surface area (Å²) in [6.07, 6.45) is 1.76. The predicted molar refractivity (Wildman–Crippen MR) is 88.3 cm³/mol. The Morgan fingerprint density at radius 1 is 1.33 bits per heavy atom. The summed E-state index contributed by atoms with van der Waals surface area (Å²) in [5.74, 6) is -0.0821. The molecule has 124 valence electrons. The van der Waals surface area contributed by atoms with Crippen LogP contribution in [-0.2, 0) is 4.79 Å². The number of hydrogen-bond acceptors (Lipinski definition) is 3. The van der Waals surface area contributed by atoms with Crippen molar-refractivity contribution in [3.63, 3.8) is 0 Å². The number of carbonyl (C=O) groups is 2. The van der Waals surface area contributed by atoms with Gasteiger partial charge in [-0.2, -0.15) is 0 Å². The third kappa shape index (κ3) is 3.51. The van der Waals surface area contributed by atoms with E-state index in [1.165, 1.54) is 17.0 Å². The third-order valence-electron chi connectivity index (χ3n) is 3.82. The van der Waals surface area contributed by atoms with Crippen molar-refractivity contribution in [3.8, 4) is 0 Å². The zero-order valence-electron chi connectivity index (χ0n) is 13.1. The second-order valence-corrected chi connectivity index (χ2v) is 5.65. The van der Waals surface area contributed by atoms with Crippen LogP contribution in [0.25, 0.3) is 0 Å². The molecule has 0 bridgehead atoms. The van der Waals surface area contributed by atoms with Gasteiger partial charge in [0.1, 0.15) is 11.6 Å². The van der Waals surface area contributed by atoms with Crippen LogP contribution in [0.2, 0.25) is 0 Å². The Balaban J connectivity index is 1.62. The number of pyridine rings is 1. The Kier molecular flexibility index (Phi) is 4.41. The summed E-state index contributed by atoms with van der Waals surface area (Å²) in [7, 11) is 0. The number of hydrogen-bond donors (Lipinski definition) is 2. The van der Waals surface area contributed by atoms with Crippen LogP contribution in [0.4, 0.5) is 20.7 Å². The monoisotopic (exact) mass is 328 g/mol. The quantitative estimate of drug-likeness (QED) is 0.909. The molecule has 3 amide bonds. The zero-order valence-corrected chi connectivity index (χ0v) is 13.1. The first-order valence-corrected chi connectivity index (χ1v) is 7.58. The first-order valence-electron chi connectivity index (χ1n) is 7.58. The highest BCUT2D eigenvalue weighted by Crippen LogP contribution is 2.22. The molecular weight excluding hydrogens is 311 g/mol. The number of aromatic nitrogens is 1. The van der Waals surface area contributed by atoms with Gasteiger partial charge in [0, 0.05) is 24.8 Å². The summed E-state index contributed by atoms with van der Waals surface area (Å²) in [5.41, 5.74) is 1.34. The van der Waals surface area contributed by atoms with Crippen molar-refractivity contribution in [2.45, 2.75) is 19.4 Å². The highest BCUT2D eigenvalue weighted by Gasteiger charge is 2.31. The molecule has 6 nitrogen and oxygen atoms in total. The van der Waals surface area contributed by atoms with Gasteiger partial charge >= 0.3 is 6.03 Å². The number of rotatable bonds is 3. The number of carbonyl (C=O) groups excluding carboxylic acids is 2. The smallest absolute Gasteiger partial charge is 0.320 e. The summed E-state index contributed by atoms with van der Waals surface area (Å²) in [6, 6.07) is 8.70. The van der Waals surface area contributed by atoms with Gasteiger partial charge in [0.15, 0.2) is 0 Å². The Hall–Kier alpha value is -2.96. The van der Waals surface area contributed by atoms with Crippen molar-refractivity contribution >= 4 is 23.4 Å². The van der Waals surface area contributed by atoms with Crippen LogP contribution >= 0.6 is 0 Å². The van der Waals surface area contributed by atoms with Crippen LogP contribution in [-0.4, -0.2) is 29.5 Å². The van der Waals surface area contributed by atoms with E-state index in [0.29, 0.717) is 18.1 Å². The van der Waals surface area contributed by atoms with Gasteiger partial charge in [-0.3, -0.25) is 10.1 Å². The SMILES string of the molecule is Cc1cccnc1NC(=O)N[C@@H]1CC(=O)N(c2cccc(F)c2)C1. The van der Waals surface area contributed by atoms with Gasteiger partial charge in [-0.25, -0.2) is 14.2 Å². The molecule has 1 aliphatic rings. The maximum atomic E-state index is 13.3. The summed E-state index contributed by atoms with van der Waals surface area (Å²) in [4.78, 5) is 29.7. The van der Waals surface area contributed by atoms with Gasteiger partial charge < -0.3 is 10.2 Å². The molecule has 1 aliphatic heterocycles. The molecule has 2 heterocycles. The molecule has 24 heavy (non-hydrogen) atoms. The minimum atomic E-state index is -0.421. The Labute approximate surface area is 138 Å². The lowest BCUT2D eigenvalue weighted by Gasteiger charge is -2.17. The molecular formula is C17H17FN4O2. The van der Waals surface area contributed by atoms with E-state index in [-0.39, 0.29) is 18.4 Å². The Bertz CT molecular complexity index is 781. The number of amides is 3. The van der Waals surface area contributed by atoms with E-state index in [1.807, 2.05) is 13.0 Å². The first-order chi connectivity index (χ1) is 11.5. The number of nitrogens with one attached hydrogen (secondary N) is 2. The van der Waals surface area contributed by atoms with Gasteiger partial charge in [-0.1, -0.05) is 12.1 Å². The standard InChI is InChI=1S/C17H17FN4O2/c1-11-4-3-7-19-16(11)21-17(24)20-13-9-15(23)22(10-13)14-6-2-5-12(18)8-14/h2-8,13H,9-10H2,1H3,(H2,19,20,21,24)/t13-/m1/s1. The van der Waals surface area contributed by atoms with Crippen LogP contribution in [0, 0.1) is 12.7 Å². The Morgan fingerprint density at radius 3 is 2.92 bits per heavy atom. The molecule has 0 spiro atoms. The molecule has 1 saturated heterocycles. The fourth-order valence-corrected chi connectivity index (χ4v) is 2.64. The summed E-state index contributed by atoms with van der Waals surface area (Å²) < 4.78 is 13.3. The van der Waals surface area contributed by atoms with Crippen LogP contribution < -0.4 is 15.5 Å². The fraction of sp³-hybridized carbons (Fsp3) is 0.235. The van der Waals surface area contributed by atoms with E-state index in [2.05, 4.69) is 15.6 Å². The summed E-state index contributed by atoms with van der Waals surface area (Å²) >= 11 is 0. The number of aryl methyl sites for hydroxylation is 1. The van der Waals surface area contributed by atoms with Crippen molar-refractivity contribution < 1.29 is 14.0 Å². The minimum Gasteiger partial charge on any atom is -0.333 e. The Morgan fingerprint density at radius 2 is 2.17 bits per heavy atom. The molecule has 0 aliphatic carbocycles. The highest BCUT2D eigenvalue weighted by atomic mass is 19.1. The molecule has 2 aromatic rings. The molecule has 1 aromatic carbocycles. The van der Waals surface area contributed by atoms with E-state index >= 15 is 0 Å². The summed E-state index contributed by atoms with van der Waals surface area (Å²) in [5, 5.41) is 5.42. The van der Waals surface area contributed by atoms with Gasteiger partial charge in [-0.05, 0) is 36.8 Å². The average molecular weight is 328 g/mol. The van der Waals surface area contributed by atoms with Gasteiger partial charge in [0.2, 0.25) is 5.91 Å². The molecule has 7 heteroatoms. The van der Waals surface area contributed by atoms with E-state index < -0.39 is 11.8 Å². The fourth-order valence-electron chi connectivity index (χ4n) is 2.64. The molecule has 0 unspecified atom stereocenters.